The summed E-state index contributed by atoms with van der Waals surface area (Å²) < 4.78 is 29.3. The first-order valence-corrected chi connectivity index (χ1v) is 6.18. The molecule has 0 fully saturated rings. The van der Waals surface area contributed by atoms with Gasteiger partial charge in [0.15, 0.2) is 0 Å². The maximum atomic E-state index is 4.88. The number of hydrogen-bond donors (Lipinski definition) is 6. The molecule has 0 aliphatic carbocycles. The van der Waals surface area contributed by atoms with Gasteiger partial charge in [-0.2, -0.15) is 0 Å². The topological polar surface area (TPSA) is 156 Å². The van der Waals surface area contributed by atoms with Crippen LogP contribution in [0.15, 0.2) is 0 Å². The van der Waals surface area contributed by atoms with E-state index < -0.39 is 16.1 Å². The van der Waals surface area contributed by atoms with Crippen LogP contribution in [-0.4, -0.2) is 0 Å². The molecule has 0 saturated carbocycles. The Balaban J connectivity index is 4.43. The van der Waals surface area contributed by atoms with Gasteiger partial charge in [0.2, 0.25) is 0 Å². The molecule has 0 aromatic heterocycles. The number of rotatable bonds is 0. The van der Waals surface area contributed by atoms with E-state index in [0.717, 1.165) is 0 Å². The van der Waals surface area contributed by atoms with E-state index in [1.54, 1.807) is 0 Å². The van der Waals surface area contributed by atoms with Crippen LogP contribution in [0, 0.1) is 0 Å². The molecule has 0 atom stereocenters. The van der Waals surface area contributed by atoms with E-state index in [-0.39, 0.29) is 0 Å². The van der Waals surface area contributed by atoms with Gasteiger partial charge >= 0.3 is 40.9 Å². The molecule has 0 amide bonds. The fraction of sp³-hybridized carbons (Fsp3) is 0. The van der Waals surface area contributed by atoms with Crippen LogP contribution >= 0.6 is 0 Å². The van der Waals surface area contributed by atoms with Gasteiger partial charge in [0, 0.05) is 0 Å². The molecule has 0 aliphatic rings. The summed E-state index contributed by atoms with van der Waals surface area (Å²) in [5.74, 6) is 0. The Kier molecular flexibility index (Phi) is 0.877. The van der Waals surface area contributed by atoms with Crippen LogP contribution < -0.4 is 24.8 Å². The van der Waals surface area contributed by atoms with Gasteiger partial charge in [-0.15, -0.1) is 0 Å². The number of nitrogens with two attached hydrogens (primary N) is 6. The summed E-state index contributed by atoms with van der Waals surface area (Å²) in [5.41, 5.74) is 0. The van der Waals surface area contributed by atoms with Crippen molar-refractivity contribution >= 4 is 0 Å². The summed E-state index contributed by atoms with van der Waals surface area (Å²) in [4.78, 5) is 0. The van der Waals surface area contributed by atoms with Crippen LogP contribution in [0.4, 0.5) is 0 Å². The van der Waals surface area contributed by atoms with Gasteiger partial charge < -0.3 is 0 Å². The molecule has 0 aromatic rings. The molecular formula is H12AgN6. The second-order valence-electron chi connectivity index (χ2n) is 1.51. The minimum absolute atomic E-state index is 4.85. The Morgan fingerprint density at radius 2 is 0.571 bits per heavy atom. The average Bonchev–Trinajstić information content (AvgIpc) is 0.592. The monoisotopic (exact) mass is 203 g/mol. The second-order valence-corrected chi connectivity index (χ2v) is 8.92. The first-order chi connectivity index (χ1) is 2.45. The Morgan fingerprint density at radius 3 is 0.571 bits per heavy atom. The predicted molar refractivity (Wildman–Crippen MR) is 25.1 cm³/mol. The van der Waals surface area contributed by atoms with Gasteiger partial charge in [-0.25, -0.2) is 0 Å². The Bertz CT molecular complexity index is 62.7. The van der Waals surface area contributed by atoms with Crippen LogP contribution in [0.5, 0.6) is 0 Å². The fourth-order valence-corrected chi connectivity index (χ4v) is 0. The quantitative estimate of drug-likeness (QED) is 0.224. The fourth-order valence-electron chi connectivity index (χ4n) is 0. The third kappa shape index (κ3) is 526. The molecule has 0 saturated heterocycles. The zero-order valence-corrected chi connectivity index (χ0v) is 5.25. The molecule has 0 spiro atoms. The van der Waals surface area contributed by atoms with Crippen LogP contribution in [0.3, 0.4) is 0 Å². The van der Waals surface area contributed by atoms with Crippen molar-refractivity contribution < 1.29 is 16.1 Å². The summed E-state index contributed by atoms with van der Waals surface area (Å²) in [5, 5.41) is 0. The van der Waals surface area contributed by atoms with E-state index >= 15 is 0 Å². The van der Waals surface area contributed by atoms with E-state index in [2.05, 4.69) is 0 Å². The van der Waals surface area contributed by atoms with Crippen molar-refractivity contribution in [3.8, 4) is 0 Å². The second kappa shape index (κ2) is 0.819. The molecule has 0 aliphatic heterocycles. The van der Waals surface area contributed by atoms with Crippen molar-refractivity contribution in [2.75, 3.05) is 0 Å². The summed E-state index contributed by atoms with van der Waals surface area (Å²) in [6, 6.07) is 0. The standard InChI is InChI=1S/Ag.6H2N/h;6*1H2/q+6;6*-1. The van der Waals surface area contributed by atoms with Gasteiger partial charge in [0.05, 0.1) is 0 Å². The zero-order chi connectivity index (χ0) is 6.41. The predicted octanol–water partition coefficient (Wildman–Crippen LogP) is -3.55. The van der Waals surface area contributed by atoms with Gasteiger partial charge in [-0.05, 0) is 0 Å². The Hall–Kier alpha value is 0.500. The van der Waals surface area contributed by atoms with Crippen molar-refractivity contribution in [2.45, 2.75) is 0 Å². The zero-order valence-electron chi connectivity index (χ0n) is 3.77. The Labute approximate surface area is 41.4 Å². The van der Waals surface area contributed by atoms with Crippen LogP contribution in [0.1, 0.15) is 0 Å². The summed E-state index contributed by atoms with van der Waals surface area (Å²) in [6.07, 6.45) is 0. The molecule has 6 nitrogen and oxygen atoms in total. The van der Waals surface area contributed by atoms with Gasteiger partial charge in [-0.3, -0.25) is 0 Å². The molecule has 0 radical (unpaired) electrons. The van der Waals surface area contributed by atoms with Gasteiger partial charge in [0.1, 0.15) is 0 Å². The first-order valence-electron chi connectivity index (χ1n) is 1.04. The molecule has 0 rings (SSSR count). The van der Waals surface area contributed by atoms with E-state index in [4.69, 9.17) is 24.8 Å². The van der Waals surface area contributed by atoms with Crippen molar-refractivity contribution in [2.24, 2.45) is 24.8 Å². The maximum absolute atomic E-state index is 4.88. The van der Waals surface area contributed by atoms with E-state index in [1.165, 1.54) is 0 Å². The molecular weight excluding hydrogens is 192 g/mol. The first kappa shape index (κ1) is 7.50. The van der Waals surface area contributed by atoms with Crippen LogP contribution in [0.2, 0.25) is 0 Å². The molecule has 12 N–H and O–H groups in total. The molecule has 7 heteroatoms. The van der Waals surface area contributed by atoms with Crippen molar-refractivity contribution in [3.05, 3.63) is 0 Å². The van der Waals surface area contributed by atoms with Gasteiger partial charge in [0.25, 0.3) is 0 Å². The average molecular weight is 204 g/mol. The molecule has 0 unspecified atom stereocenters. The van der Waals surface area contributed by atoms with Crippen molar-refractivity contribution in [1.82, 2.24) is 0 Å². The van der Waals surface area contributed by atoms with E-state index in [9.17, 15) is 0 Å². The number of hydrogen-bond acceptors (Lipinski definition) is 6. The molecule has 0 aromatic carbocycles. The Morgan fingerprint density at radius 1 is 0.571 bits per heavy atom. The van der Waals surface area contributed by atoms with Crippen molar-refractivity contribution in [3.63, 3.8) is 0 Å². The SMILES string of the molecule is [NH2][Ag]([NH2])([NH2])([NH2])([NH2])[NH2]. The van der Waals surface area contributed by atoms with E-state index in [1.807, 2.05) is 0 Å². The molecule has 0 bridgehead atoms. The van der Waals surface area contributed by atoms with E-state index in [0.29, 0.717) is 0 Å². The van der Waals surface area contributed by atoms with Gasteiger partial charge in [-0.1, -0.05) is 0 Å². The summed E-state index contributed by atoms with van der Waals surface area (Å²) in [7, 11) is 0. The van der Waals surface area contributed by atoms with Crippen molar-refractivity contribution in [1.29, 1.82) is 0 Å². The molecule has 7 heavy (non-hydrogen) atoms. The van der Waals surface area contributed by atoms with Crippen LogP contribution in [0.25, 0.3) is 0 Å². The molecule has 0 heterocycles. The third-order valence-electron chi connectivity index (χ3n) is 0. The third-order valence-corrected chi connectivity index (χ3v) is 0. The van der Waals surface area contributed by atoms with Crippen LogP contribution in [-0.2, 0) is 16.1 Å². The summed E-state index contributed by atoms with van der Waals surface area (Å²) >= 11 is -4.85. The normalized spacial score (nSPS) is 23.1. The summed E-state index contributed by atoms with van der Waals surface area (Å²) in [6.45, 7) is 0. The molecule has 53 valence electrons. The minimum atomic E-state index is -4.85.